The summed E-state index contributed by atoms with van der Waals surface area (Å²) < 4.78 is 0.828. The molecule has 0 bridgehead atoms. The molecule has 0 spiro atoms. The predicted molar refractivity (Wildman–Crippen MR) is 105 cm³/mol. The fourth-order valence-corrected chi connectivity index (χ4v) is 4.40. The molecule has 6 nitrogen and oxygen atoms in total. The highest BCUT2D eigenvalue weighted by Gasteiger charge is 2.60. The van der Waals surface area contributed by atoms with Crippen LogP contribution in [0, 0.1) is 0 Å². The van der Waals surface area contributed by atoms with Crippen LogP contribution in [0.1, 0.15) is 30.1 Å². The Morgan fingerprint density at radius 3 is 2.70 bits per heavy atom. The minimum Gasteiger partial charge on any atom is -0.322 e. The molecule has 1 saturated heterocycles. The van der Waals surface area contributed by atoms with E-state index in [1.807, 2.05) is 19.1 Å². The highest BCUT2D eigenvalue weighted by Crippen LogP contribution is 2.44. The van der Waals surface area contributed by atoms with Gasteiger partial charge in [-0.1, -0.05) is 34.1 Å². The molecule has 27 heavy (non-hydrogen) atoms. The molecule has 0 radical (unpaired) electrons. The summed E-state index contributed by atoms with van der Waals surface area (Å²) in [6.07, 6.45) is 0.476. The van der Waals surface area contributed by atoms with Gasteiger partial charge < -0.3 is 10.2 Å². The number of likely N-dealkylation sites (N-methyl/N-ethyl adjacent to an activating group) is 1. The number of rotatable bonds is 3. The number of hydrogen-bond acceptors (Lipinski definition) is 3. The van der Waals surface area contributed by atoms with E-state index in [0.29, 0.717) is 23.5 Å². The lowest BCUT2D eigenvalue weighted by atomic mass is 9.95. The molecule has 3 amide bonds. The van der Waals surface area contributed by atoms with Crippen molar-refractivity contribution in [1.29, 1.82) is 0 Å². The third-order valence-corrected chi connectivity index (χ3v) is 5.63. The number of anilines is 2. The average Bonchev–Trinajstić information content (AvgIpc) is 3.01. The number of carbonyl (C=O) groups excluding carboxylic acids is 3. The van der Waals surface area contributed by atoms with Crippen molar-refractivity contribution in [3.63, 3.8) is 0 Å². The zero-order valence-electron chi connectivity index (χ0n) is 14.7. The Hall–Kier alpha value is -2.67. The zero-order valence-corrected chi connectivity index (χ0v) is 16.3. The third kappa shape index (κ3) is 2.56. The summed E-state index contributed by atoms with van der Waals surface area (Å²) in [6.45, 7) is 2.14. The van der Waals surface area contributed by atoms with E-state index >= 15 is 0 Å². The van der Waals surface area contributed by atoms with E-state index in [-0.39, 0.29) is 30.6 Å². The fraction of sp³-hybridized carbons (Fsp3) is 0.250. The number of hydrogen-bond donors (Lipinski definition) is 1. The van der Waals surface area contributed by atoms with Crippen molar-refractivity contribution in [2.75, 3.05) is 16.8 Å². The second kappa shape index (κ2) is 6.49. The first-order valence-electron chi connectivity index (χ1n) is 8.80. The zero-order chi connectivity index (χ0) is 19.2. The third-order valence-electron chi connectivity index (χ3n) is 5.14. The Morgan fingerprint density at radius 1 is 1.19 bits per heavy atom. The maximum absolute atomic E-state index is 13.4. The highest BCUT2D eigenvalue weighted by atomic mass is 79.9. The fourth-order valence-electron chi connectivity index (χ4n) is 4.00. The van der Waals surface area contributed by atoms with Gasteiger partial charge in [0.25, 0.3) is 11.8 Å². The van der Waals surface area contributed by atoms with E-state index in [4.69, 9.17) is 0 Å². The van der Waals surface area contributed by atoms with Gasteiger partial charge in [-0.25, -0.2) is 0 Å². The first-order chi connectivity index (χ1) is 13.0. The smallest absolute Gasteiger partial charge is 0.271 e. The largest absolute Gasteiger partial charge is 0.322 e. The van der Waals surface area contributed by atoms with Crippen LogP contribution in [0.2, 0.25) is 0 Å². The predicted octanol–water partition coefficient (Wildman–Crippen LogP) is 3.39. The average molecular weight is 428 g/mol. The van der Waals surface area contributed by atoms with E-state index in [9.17, 15) is 14.4 Å². The quantitative estimate of drug-likeness (QED) is 0.815. The number of nitrogens with zero attached hydrogens (tertiary/aromatic N) is 2. The lowest BCUT2D eigenvalue weighted by Crippen LogP contribution is -2.69. The van der Waals surface area contributed by atoms with Gasteiger partial charge in [0.05, 0.1) is 11.3 Å². The van der Waals surface area contributed by atoms with Gasteiger partial charge in [-0.2, -0.15) is 0 Å². The van der Waals surface area contributed by atoms with E-state index in [0.717, 1.165) is 4.47 Å². The second-order valence-corrected chi connectivity index (χ2v) is 7.49. The van der Waals surface area contributed by atoms with Crippen LogP contribution in [0.5, 0.6) is 0 Å². The van der Waals surface area contributed by atoms with Gasteiger partial charge in [0, 0.05) is 29.5 Å². The number of fused-ring (bicyclic) bond motifs is 3. The first-order valence-corrected chi connectivity index (χ1v) is 9.59. The summed E-state index contributed by atoms with van der Waals surface area (Å²) in [7, 11) is 0. The Labute approximate surface area is 165 Å². The van der Waals surface area contributed by atoms with Gasteiger partial charge in [0.1, 0.15) is 0 Å². The van der Waals surface area contributed by atoms with Gasteiger partial charge in [-0.05, 0) is 37.3 Å². The molecule has 7 heteroatoms. The van der Waals surface area contributed by atoms with Crippen LogP contribution in [0.3, 0.4) is 0 Å². The molecule has 0 aromatic heterocycles. The molecule has 138 valence electrons. The van der Waals surface area contributed by atoms with E-state index in [2.05, 4.69) is 21.2 Å². The van der Waals surface area contributed by atoms with Crippen molar-refractivity contribution in [3.05, 3.63) is 58.6 Å². The highest BCUT2D eigenvalue weighted by molar-refractivity contribution is 9.10. The van der Waals surface area contributed by atoms with Crippen molar-refractivity contribution in [2.45, 2.75) is 25.4 Å². The standard InChI is InChI=1S/C20H18BrN3O3/c1-2-23-18(26)15-8-3-4-9-16(15)24-17(25)10-11-20(23,24)19(27)22-14-7-5-6-13(21)12-14/h3-9,12H,2,10-11H2,1H3,(H,22,27)/t20-/m0/s1. The number of benzene rings is 2. The molecule has 0 saturated carbocycles. The van der Waals surface area contributed by atoms with Crippen molar-refractivity contribution in [1.82, 2.24) is 4.90 Å². The molecule has 1 fully saturated rings. The maximum atomic E-state index is 13.4. The molecule has 1 atom stereocenters. The topological polar surface area (TPSA) is 69.7 Å². The SMILES string of the molecule is CCN1C(=O)c2ccccc2N2C(=O)CC[C@]12C(=O)Nc1cccc(Br)c1. The summed E-state index contributed by atoms with van der Waals surface area (Å²) in [5.74, 6) is -0.766. The molecule has 2 aromatic rings. The normalized spacial score (nSPS) is 21.1. The summed E-state index contributed by atoms with van der Waals surface area (Å²) in [5.41, 5.74) is 0.199. The molecule has 0 aliphatic carbocycles. The lowest BCUT2D eigenvalue weighted by molar-refractivity contribution is -0.128. The minimum atomic E-state index is -1.35. The minimum absolute atomic E-state index is 0.155. The molecular weight excluding hydrogens is 410 g/mol. The van der Waals surface area contributed by atoms with Crippen LogP contribution in [0.15, 0.2) is 53.0 Å². The maximum Gasteiger partial charge on any atom is 0.271 e. The van der Waals surface area contributed by atoms with Crippen LogP contribution < -0.4 is 10.2 Å². The van der Waals surface area contributed by atoms with E-state index < -0.39 is 5.66 Å². The Bertz CT molecular complexity index is 961. The Balaban J connectivity index is 1.84. The number of nitrogens with one attached hydrogen (secondary N) is 1. The first kappa shape index (κ1) is 17.7. The number of carbonyl (C=O) groups is 3. The van der Waals surface area contributed by atoms with E-state index in [1.165, 1.54) is 9.80 Å². The van der Waals surface area contributed by atoms with Gasteiger partial charge in [0.15, 0.2) is 0 Å². The number of halogens is 1. The van der Waals surface area contributed by atoms with Crippen molar-refractivity contribution >= 4 is 45.0 Å². The van der Waals surface area contributed by atoms with Crippen LogP contribution in [-0.2, 0) is 9.59 Å². The van der Waals surface area contributed by atoms with Crippen molar-refractivity contribution < 1.29 is 14.4 Å². The Kier molecular flexibility index (Phi) is 4.26. The van der Waals surface area contributed by atoms with E-state index in [1.54, 1.807) is 36.4 Å². The molecule has 2 aromatic carbocycles. The summed E-state index contributed by atoms with van der Waals surface area (Å²) in [5, 5.41) is 2.89. The number of amides is 3. The van der Waals surface area contributed by atoms with Crippen LogP contribution >= 0.6 is 15.9 Å². The van der Waals surface area contributed by atoms with Crippen LogP contribution in [-0.4, -0.2) is 34.8 Å². The molecule has 0 unspecified atom stereocenters. The summed E-state index contributed by atoms with van der Waals surface area (Å²) in [6, 6.07) is 14.2. The molecule has 2 aliphatic heterocycles. The molecular formula is C20H18BrN3O3. The summed E-state index contributed by atoms with van der Waals surface area (Å²) >= 11 is 3.39. The Morgan fingerprint density at radius 2 is 1.96 bits per heavy atom. The second-order valence-electron chi connectivity index (χ2n) is 6.58. The van der Waals surface area contributed by atoms with Crippen molar-refractivity contribution in [3.8, 4) is 0 Å². The molecule has 2 aliphatic rings. The van der Waals surface area contributed by atoms with Gasteiger partial charge >= 0.3 is 0 Å². The molecule has 1 N–H and O–H groups in total. The number of para-hydroxylation sites is 1. The monoisotopic (exact) mass is 427 g/mol. The molecule has 4 rings (SSSR count). The van der Waals surface area contributed by atoms with Crippen LogP contribution in [0.25, 0.3) is 0 Å². The van der Waals surface area contributed by atoms with Gasteiger partial charge in [-0.15, -0.1) is 0 Å². The summed E-state index contributed by atoms with van der Waals surface area (Å²) in [4.78, 5) is 42.3. The lowest BCUT2D eigenvalue weighted by Gasteiger charge is -2.48. The van der Waals surface area contributed by atoms with Crippen molar-refractivity contribution in [2.24, 2.45) is 0 Å². The van der Waals surface area contributed by atoms with Crippen LogP contribution in [0.4, 0.5) is 11.4 Å². The van der Waals surface area contributed by atoms with Gasteiger partial charge in [-0.3, -0.25) is 19.3 Å². The van der Waals surface area contributed by atoms with Gasteiger partial charge in [0.2, 0.25) is 11.6 Å². The molecule has 2 heterocycles.